The molecule has 1 saturated heterocycles. The minimum Gasteiger partial charge on any atom is -0.360 e. The normalized spacial score (nSPS) is 24.1. The number of amides is 1. The van der Waals surface area contributed by atoms with E-state index in [-0.39, 0.29) is 16.9 Å². The number of hydrogen-bond acceptors (Lipinski definition) is 4. The zero-order valence-corrected chi connectivity index (χ0v) is 14.8. The summed E-state index contributed by atoms with van der Waals surface area (Å²) in [5.74, 6) is 0.973. The molecule has 132 valence electrons. The number of carbonyl (C=O) groups excluding carboxylic acids is 1. The lowest BCUT2D eigenvalue weighted by Gasteiger charge is -2.20. The van der Waals surface area contributed by atoms with Gasteiger partial charge in [0.05, 0.1) is 26.9 Å². The molecule has 2 unspecified atom stereocenters. The molecule has 5 rings (SSSR count). The van der Waals surface area contributed by atoms with E-state index in [0.717, 1.165) is 17.8 Å². The van der Waals surface area contributed by atoms with Crippen LogP contribution in [0.5, 0.6) is 0 Å². The first-order chi connectivity index (χ1) is 12.5. The number of nitrogens with one attached hydrogen (secondary N) is 2. The molecule has 26 heavy (non-hydrogen) atoms. The van der Waals surface area contributed by atoms with Crippen molar-refractivity contribution >= 4 is 28.4 Å². The number of pyridine rings is 1. The predicted molar refractivity (Wildman–Crippen MR) is 96.4 cm³/mol. The van der Waals surface area contributed by atoms with E-state index in [1.54, 1.807) is 29.7 Å². The van der Waals surface area contributed by atoms with Gasteiger partial charge in [0.2, 0.25) is 0 Å². The quantitative estimate of drug-likeness (QED) is 0.722. The molecule has 7 nitrogen and oxygen atoms in total. The highest BCUT2D eigenvalue weighted by Gasteiger charge is 2.63. The minimum absolute atomic E-state index is 0.132. The Bertz CT molecular complexity index is 1100. The number of halogens is 1. The lowest BCUT2D eigenvalue weighted by atomic mass is 10.1. The van der Waals surface area contributed by atoms with Crippen LogP contribution in [-0.2, 0) is 5.41 Å². The van der Waals surface area contributed by atoms with Gasteiger partial charge in [0, 0.05) is 37.9 Å². The number of aryl methyl sites for hydroxylation is 1. The number of carbonyl (C=O) groups is 1. The van der Waals surface area contributed by atoms with Crippen LogP contribution in [0.15, 0.2) is 29.6 Å². The molecular formula is C18H16ClN5O2. The van der Waals surface area contributed by atoms with E-state index in [2.05, 4.69) is 19.9 Å². The van der Waals surface area contributed by atoms with Crippen molar-refractivity contribution in [2.24, 2.45) is 5.92 Å². The van der Waals surface area contributed by atoms with Crippen LogP contribution in [0, 0.1) is 12.8 Å². The maximum absolute atomic E-state index is 13.1. The number of piperidine rings is 1. The monoisotopic (exact) mass is 369 g/mol. The van der Waals surface area contributed by atoms with Gasteiger partial charge in [-0.3, -0.25) is 9.59 Å². The van der Waals surface area contributed by atoms with E-state index in [1.165, 1.54) is 0 Å². The number of rotatable bonds is 2. The zero-order valence-electron chi connectivity index (χ0n) is 14.0. The molecule has 3 aromatic heterocycles. The van der Waals surface area contributed by atoms with E-state index in [4.69, 9.17) is 11.6 Å². The van der Waals surface area contributed by atoms with Crippen molar-refractivity contribution in [3.05, 3.63) is 57.1 Å². The van der Waals surface area contributed by atoms with Crippen LogP contribution in [0.25, 0.3) is 10.9 Å². The Morgan fingerprint density at radius 1 is 1.31 bits per heavy atom. The van der Waals surface area contributed by atoms with Crippen LogP contribution in [0.1, 0.15) is 28.2 Å². The highest BCUT2D eigenvalue weighted by Crippen LogP contribution is 2.58. The Balaban J connectivity index is 1.48. The Labute approximate surface area is 153 Å². The van der Waals surface area contributed by atoms with E-state index < -0.39 is 0 Å². The van der Waals surface area contributed by atoms with Crippen LogP contribution < -0.4 is 5.56 Å². The average Bonchev–Trinajstić information content (AvgIpc) is 3.01. The number of likely N-dealkylation sites (tertiary alicyclic amines) is 1. The molecule has 2 aliphatic rings. The van der Waals surface area contributed by atoms with Gasteiger partial charge < -0.3 is 14.9 Å². The standard InChI is InChI=1S/C18H16ClN5O2/c1-9-3-21-15(25)13-12(6-20-14(9)13)16(26)24-7-10-2-18(10,8-24)17-22-4-11(19)5-23-17/h3-6,10,20H,2,7-8H2,1H3,(H,21,25). The maximum atomic E-state index is 13.1. The van der Waals surface area contributed by atoms with Crippen LogP contribution in [0.3, 0.4) is 0 Å². The van der Waals surface area contributed by atoms with Gasteiger partial charge in [0.25, 0.3) is 11.5 Å². The summed E-state index contributed by atoms with van der Waals surface area (Å²) in [5.41, 5.74) is 1.59. The summed E-state index contributed by atoms with van der Waals surface area (Å²) < 4.78 is 0. The lowest BCUT2D eigenvalue weighted by Crippen LogP contribution is -2.33. The first-order valence-corrected chi connectivity index (χ1v) is 8.84. The molecule has 4 heterocycles. The third-order valence-electron chi connectivity index (χ3n) is 5.65. The molecule has 1 saturated carbocycles. The van der Waals surface area contributed by atoms with Crippen LogP contribution in [-0.4, -0.2) is 43.8 Å². The van der Waals surface area contributed by atoms with Crippen LogP contribution in [0.2, 0.25) is 5.02 Å². The molecule has 0 aromatic carbocycles. The molecule has 2 fully saturated rings. The Morgan fingerprint density at radius 2 is 2.08 bits per heavy atom. The molecule has 1 aliphatic heterocycles. The Morgan fingerprint density at radius 3 is 2.85 bits per heavy atom. The smallest absolute Gasteiger partial charge is 0.258 e. The molecular weight excluding hydrogens is 354 g/mol. The first-order valence-electron chi connectivity index (χ1n) is 8.46. The summed E-state index contributed by atoms with van der Waals surface area (Å²) >= 11 is 5.88. The third kappa shape index (κ3) is 2.07. The number of hydrogen-bond donors (Lipinski definition) is 2. The average molecular weight is 370 g/mol. The molecule has 1 aliphatic carbocycles. The summed E-state index contributed by atoms with van der Waals surface area (Å²) in [6, 6.07) is 0. The van der Waals surface area contributed by atoms with Crippen LogP contribution in [0.4, 0.5) is 0 Å². The molecule has 8 heteroatoms. The number of H-pyrrole nitrogens is 2. The summed E-state index contributed by atoms with van der Waals surface area (Å²) in [4.78, 5) is 41.6. The van der Waals surface area contributed by atoms with Crippen molar-refractivity contribution in [3.63, 3.8) is 0 Å². The Kier molecular flexibility index (Phi) is 3.10. The Hall–Kier alpha value is -2.67. The van der Waals surface area contributed by atoms with Gasteiger partial charge in [-0.15, -0.1) is 0 Å². The number of aromatic amines is 2. The second-order valence-electron chi connectivity index (χ2n) is 7.22. The van der Waals surface area contributed by atoms with E-state index in [0.29, 0.717) is 40.5 Å². The molecule has 0 spiro atoms. The highest BCUT2D eigenvalue weighted by atomic mass is 35.5. The fraction of sp³-hybridized carbons (Fsp3) is 0.333. The number of aromatic nitrogens is 4. The van der Waals surface area contributed by atoms with Crippen molar-refractivity contribution in [2.75, 3.05) is 13.1 Å². The fourth-order valence-corrected chi connectivity index (χ4v) is 4.28. The first kappa shape index (κ1) is 15.6. The second kappa shape index (κ2) is 5.17. The summed E-state index contributed by atoms with van der Waals surface area (Å²) in [6.45, 7) is 3.11. The number of nitrogens with zero attached hydrogens (tertiary/aromatic N) is 3. The van der Waals surface area contributed by atoms with E-state index in [1.807, 2.05) is 6.92 Å². The summed E-state index contributed by atoms with van der Waals surface area (Å²) in [6.07, 6.45) is 7.45. The van der Waals surface area contributed by atoms with Gasteiger partial charge in [-0.25, -0.2) is 9.97 Å². The van der Waals surface area contributed by atoms with Gasteiger partial charge in [-0.05, 0) is 24.8 Å². The SMILES string of the molecule is Cc1c[nH]c(=O)c2c(C(=O)N3CC4CC4(c4ncc(Cl)cn4)C3)c[nH]c12. The zero-order chi connectivity index (χ0) is 18.1. The molecule has 3 aromatic rings. The van der Waals surface area contributed by atoms with Crippen molar-refractivity contribution in [2.45, 2.75) is 18.8 Å². The van der Waals surface area contributed by atoms with Gasteiger partial charge >= 0.3 is 0 Å². The van der Waals surface area contributed by atoms with Gasteiger partial charge in [-0.2, -0.15) is 0 Å². The minimum atomic E-state index is -0.254. The topological polar surface area (TPSA) is 94.7 Å². The van der Waals surface area contributed by atoms with Crippen molar-refractivity contribution in [1.82, 2.24) is 24.8 Å². The third-order valence-corrected chi connectivity index (χ3v) is 5.85. The van der Waals surface area contributed by atoms with Gasteiger partial charge in [0.15, 0.2) is 0 Å². The van der Waals surface area contributed by atoms with Crippen LogP contribution >= 0.6 is 11.6 Å². The van der Waals surface area contributed by atoms with Crippen molar-refractivity contribution < 1.29 is 4.79 Å². The molecule has 1 amide bonds. The maximum Gasteiger partial charge on any atom is 0.258 e. The largest absolute Gasteiger partial charge is 0.360 e. The summed E-state index contributed by atoms with van der Waals surface area (Å²) in [5, 5.41) is 0.925. The van der Waals surface area contributed by atoms with Crippen molar-refractivity contribution in [1.29, 1.82) is 0 Å². The van der Waals surface area contributed by atoms with Crippen molar-refractivity contribution in [3.8, 4) is 0 Å². The van der Waals surface area contributed by atoms with E-state index >= 15 is 0 Å². The molecule has 2 N–H and O–H groups in total. The molecule has 0 radical (unpaired) electrons. The second-order valence-corrected chi connectivity index (χ2v) is 7.66. The molecule has 2 atom stereocenters. The molecule has 0 bridgehead atoms. The highest BCUT2D eigenvalue weighted by molar-refractivity contribution is 6.30. The summed E-state index contributed by atoms with van der Waals surface area (Å²) in [7, 11) is 0. The van der Waals surface area contributed by atoms with E-state index in [9.17, 15) is 9.59 Å². The lowest BCUT2D eigenvalue weighted by molar-refractivity contribution is 0.0773. The fourth-order valence-electron chi connectivity index (χ4n) is 4.18. The van der Waals surface area contributed by atoms with Gasteiger partial charge in [-0.1, -0.05) is 11.6 Å². The predicted octanol–water partition coefficient (Wildman–Crippen LogP) is 2.02. The van der Waals surface area contributed by atoms with Gasteiger partial charge in [0.1, 0.15) is 5.82 Å². The number of fused-ring (bicyclic) bond motifs is 2.